The molecule has 0 radical (unpaired) electrons. The zero-order valence-electron chi connectivity index (χ0n) is 18.4. The summed E-state index contributed by atoms with van der Waals surface area (Å²) in [6.07, 6.45) is 0.773. The summed E-state index contributed by atoms with van der Waals surface area (Å²) < 4.78 is 12.4. The van der Waals surface area contributed by atoms with Crippen molar-refractivity contribution in [1.29, 1.82) is 0 Å². The van der Waals surface area contributed by atoms with Crippen LogP contribution in [0.3, 0.4) is 0 Å². The number of ether oxygens (including phenoxy) is 2. The van der Waals surface area contributed by atoms with E-state index in [4.69, 9.17) is 9.47 Å². The smallest absolute Gasteiger partial charge is 0.119 e. The average Bonchev–Trinajstić information content (AvgIpc) is 3.18. The number of fused-ring (bicyclic) bond motifs is 1. The Morgan fingerprint density at radius 1 is 0.879 bits per heavy atom. The van der Waals surface area contributed by atoms with E-state index in [1.54, 1.807) is 29.5 Å². The van der Waals surface area contributed by atoms with E-state index in [-0.39, 0.29) is 11.5 Å². The zero-order valence-corrected chi connectivity index (χ0v) is 19.2. The molecule has 3 aromatic carbocycles. The van der Waals surface area contributed by atoms with Crippen molar-refractivity contribution in [3.8, 4) is 27.7 Å². The molecule has 0 atom stereocenters. The number of phenolic OH excluding ortho intramolecular Hbond substituents is 2. The van der Waals surface area contributed by atoms with Crippen LogP contribution in [0.2, 0.25) is 0 Å². The van der Waals surface area contributed by atoms with Crippen molar-refractivity contribution in [2.75, 3.05) is 39.5 Å². The fourth-order valence-electron chi connectivity index (χ4n) is 4.19. The van der Waals surface area contributed by atoms with Crippen molar-refractivity contribution >= 4 is 21.4 Å². The molecule has 2 N–H and O–H groups in total. The maximum atomic E-state index is 9.96. The third-order valence-corrected chi connectivity index (χ3v) is 7.23. The lowest BCUT2D eigenvalue weighted by atomic mass is 9.99. The van der Waals surface area contributed by atoms with E-state index in [9.17, 15) is 10.2 Å². The second kappa shape index (κ2) is 9.83. The Labute approximate surface area is 197 Å². The predicted octanol–water partition coefficient (Wildman–Crippen LogP) is 5.28. The molecular weight excluding hydrogens is 434 g/mol. The minimum Gasteiger partial charge on any atom is -0.508 e. The van der Waals surface area contributed by atoms with Gasteiger partial charge in [0.05, 0.1) is 13.2 Å². The highest BCUT2D eigenvalue weighted by atomic mass is 32.1. The summed E-state index contributed by atoms with van der Waals surface area (Å²) in [6.45, 7) is 5.13. The summed E-state index contributed by atoms with van der Waals surface area (Å²) in [6, 6.07) is 21.2. The molecule has 0 amide bonds. The van der Waals surface area contributed by atoms with Crippen LogP contribution in [0.5, 0.6) is 17.2 Å². The van der Waals surface area contributed by atoms with E-state index in [2.05, 4.69) is 17.0 Å². The largest absolute Gasteiger partial charge is 0.508 e. The number of rotatable bonds is 7. The SMILES string of the molecule is Oc1ccc(-c2sc3cc(O)ccc3c2Cc2ccc(OCCN3CCOCC3)cc2)cc1. The maximum Gasteiger partial charge on any atom is 0.119 e. The molecule has 0 aliphatic carbocycles. The summed E-state index contributed by atoms with van der Waals surface area (Å²) in [7, 11) is 0. The predicted molar refractivity (Wildman–Crippen MR) is 133 cm³/mol. The number of thiophene rings is 1. The van der Waals surface area contributed by atoms with Crippen LogP contribution in [0.4, 0.5) is 0 Å². The molecule has 5 nitrogen and oxygen atoms in total. The molecule has 1 saturated heterocycles. The van der Waals surface area contributed by atoms with Crippen LogP contribution in [0.15, 0.2) is 66.7 Å². The summed E-state index contributed by atoms with van der Waals surface area (Å²) >= 11 is 1.66. The first kappa shape index (κ1) is 21.8. The number of morpholine rings is 1. The first-order valence-electron chi connectivity index (χ1n) is 11.2. The second-order valence-corrected chi connectivity index (χ2v) is 9.31. The molecule has 6 heteroatoms. The quantitative estimate of drug-likeness (QED) is 0.392. The average molecular weight is 462 g/mol. The number of phenols is 2. The lowest BCUT2D eigenvalue weighted by Crippen LogP contribution is -2.38. The number of hydrogen-bond acceptors (Lipinski definition) is 6. The van der Waals surface area contributed by atoms with Crippen LogP contribution in [0, 0.1) is 0 Å². The third kappa shape index (κ3) is 5.14. The fraction of sp³-hybridized carbons (Fsp3) is 0.259. The van der Waals surface area contributed by atoms with E-state index in [0.717, 1.165) is 65.5 Å². The molecule has 1 fully saturated rings. The van der Waals surface area contributed by atoms with Crippen LogP contribution in [-0.4, -0.2) is 54.6 Å². The van der Waals surface area contributed by atoms with E-state index >= 15 is 0 Å². The standard InChI is InChI=1S/C27H27NO4S/c29-21-5-3-20(4-6-21)27-25(24-10-7-22(30)18-26(24)33-27)17-19-1-8-23(9-2-19)32-16-13-28-11-14-31-15-12-28/h1-10,18,29-30H,11-17H2. The molecule has 0 saturated carbocycles. The number of nitrogens with zero attached hydrogens (tertiary/aromatic N) is 1. The maximum absolute atomic E-state index is 9.96. The Bertz CT molecular complexity index is 1210. The van der Waals surface area contributed by atoms with Gasteiger partial charge in [-0.3, -0.25) is 4.90 Å². The molecule has 0 unspecified atom stereocenters. The van der Waals surface area contributed by atoms with Crippen LogP contribution in [-0.2, 0) is 11.2 Å². The zero-order chi connectivity index (χ0) is 22.6. The monoisotopic (exact) mass is 461 g/mol. The molecule has 1 aliphatic heterocycles. The molecule has 4 aromatic rings. The summed E-state index contributed by atoms with van der Waals surface area (Å²) in [5.74, 6) is 1.40. The number of aromatic hydroxyl groups is 2. The Hall–Kier alpha value is -3.06. The number of hydrogen-bond donors (Lipinski definition) is 2. The van der Waals surface area contributed by atoms with Crippen molar-refractivity contribution in [3.05, 3.63) is 77.9 Å². The highest BCUT2D eigenvalue weighted by molar-refractivity contribution is 7.22. The topological polar surface area (TPSA) is 62.2 Å². The van der Waals surface area contributed by atoms with Gasteiger partial charge in [0.1, 0.15) is 23.9 Å². The third-order valence-electron chi connectivity index (χ3n) is 5.99. The van der Waals surface area contributed by atoms with Crippen molar-refractivity contribution < 1.29 is 19.7 Å². The lowest BCUT2D eigenvalue weighted by Gasteiger charge is -2.26. The van der Waals surface area contributed by atoms with E-state index < -0.39 is 0 Å². The summed E-state index contributed by atoms with van der Waals surface area (Å²) in [5, 5.41) is 20.8. The fourth-order valence-corrected chi connectivity index (χ4v) is 5.45. The first-order chi connectivity index (χ1) is 16.2. The first-order valence-corrected chi connectivity index (χ1v) is 12.0. The highest BCUT2D eigenvalue weighted by Gasteiger charge is 2.15. The van der Waals surface area contributed by atoms with Gasteiger partial charge < -0.3 is 19.7 Å². The molecule has 170 valence electrons. The molecule has 33 heavy (non-hydrogen) atoms. The van der Waals surface area contributed by atoms with Crippen molar-refractivity contribution in [1.82, 2.24) is 4.90 Å². The molecule has 2 heterocycles. The normalized spacial score (nSPS) is 14.5. The van der Waals surface area contributed by atoms with Crippen LogP contribution < -0.4 is 4.74 Å². The Morgan fingerprint density at radius 3 is 2.36 bits per heavy atom. The molecule has 0 bridgehead atoms. The van der Waals surface area contributed by atoms with Gasteiger partial charge in [-0.1, -0.05) is 12.1 Å². The van der Waals surface area contributed by atoms with E-state index in [0.29, 0.717) is 6.61 Å². The molecule has 1 aromatic heterocycles. The number of benzene rings is 3. The van der Waals surface area contributed by atoms with Gasteiger partial charge in [0, 0.05) is 29.2 Å². The summed E-state index contributed by atoms with van der Waals surface area (Å²) in [5.41, 5.74) is 3.48. The Balaban J connectivity index is 1.33. The minimum absolute atomic E-state index is 0.253. The van der Waals surface area contributed by atoms with Crippen LogP contribution >= 0.6 is 11.3 Å². The lowest BCUT2D eigenvalue weighted by molar-refractivity contribution is 0.0322. The van der Waals surface area contributed by atoms with E-state index in [1.807, 2.05) is 36.4 Å². The Morgan fingerprint density at radius 2 is 1.61 bits per heavy atom. The van der Waals surface area contributed by atoms with Gasteiger partial charge >= 0.3 is 0 Å². The van der Waals surface area contributed by atoms with Gasteiger partial charge in [-0.2, -0.15) is 0 Å². The van der Waals surface area contributed by atoms with Gasteiger partial charge in [-0.15, -0.1) is 11.3 Å². The highest BCUT2D eigenvalue weighted by Crippen LogP contribution is 2.41. The van der Waals surface area contributed by atoms with Gasteiger partial charge in [0.25, 0.3) is 0 Å². The molecule has 1 aliphatic rings. The minimum atomic E-state index is 0.253. The van der Waals surface area contributed by atoms with Gasteiger partial charge in [0.15, 0.2) is 0 Å². The van der Waals surface area contributed by atoms with Crippen LogP contribution in [0.25, 0.3) is 20.5 Å². The van der Waals surface area contributed by atoms with Crippen LogP contribution in [0.1, 0.15) is 11.1 Å². The van der Waals surface area contributed by atoms with Gasteiger partial charge in [-0.25, -0.2) is 0 Å². The molecule has 5 rings (SSSR count). The second-order valence-electron chi connectivity index (χ2n) is 8.26. The van der Waals surface area contributed by atoms with Crippen molar-refractivity contribution in [3.63, 3.8) is 0 Å². The van der Waals surface area contributed by atoms with Crippen molar-refractivity contribution in [2.24, 2.45) is 0 Å². The van der Waals surface area contributed by atoms with E-state index in [1.165, 1.54) is 11.1 Å². The summed E-state index contributed by atoms with van der Waals surface area (Å²) in [4.78, 5) is 3.52. The van der Waals surface area contributed by atoms with Gasteiger partial charge in [0.2, 0.25) is 0 Å². The van der Waals surface area contributed by atoms with Gasteiger partial charge in [-0.05, 0) is 83.1 Å². The molecule has 0 spiro atoms. The Kier molecular flexibility index (Phi) is 6.48. The van der Waals surface area contributed by atoms with Crippen molar-refractivity contribution in [2.45, 2.75) is 6.42 Å². The molecular formula is C27H27NO4S.